The summed E-state index contributed by atoms with van der Waals surface area (Å²) >= 11 is 6.11. The van der Waals surface area contributed by atoms with E-state index in [2.05, 4.69) is 15.3 Å². The molecule has 0 aliphatic carbocycles. The molecule has 0 unspecified atom stereocenters. The van der Waals surface area contributed by atoms with Crippen LogP contribution in [-0.4, -0.2) is 44.0 Å². The molecule has 1 fully saturated rings. The van der Waals surface area contributed by atoms with Gasteiger partial charge in [-0.25, -0.2) is 14.8 Å². The van der Waals surface area contributed by atoms with E-state index in [1.807, 2.05) is 16.8 Å². The minimum Gasteiger partial charge on any atom is -0.491 e. The fraction of sp³-hybridized carbons (Fsp3) is 0.316. The van der Waals surface area contributed by atoms with Crippen molar-refractivity contribution in [1.82, 2.24) is 14.5 Å². The van der Waals surface area contributed by atoms with Crippen LogP contribution < -0.4 is 15.8 Å². The highest BCUT2D eigenvalue weighted by atomic mass is 35.5. The van der Waals surface area contributed by atoms with E-state index in [1.165, 1.54) is 6.33 Å². The number of rotatable bonds is 5. The number of aliphatic hydroxyl groups is 1. The number of nitrogens with two attached hydrogens (primary N) is 1. The number of carbonyl (C=O) groups excluding carboxylic acids is 1. The highest BCUT2D eigenvalue weighted by molar-refractivity contribution is 6.33. The first-order valence-electron chi connectivity index (χ1n) is 8.98. The van der Waals surface area contributed by atoms with Crippen LogP contribution in [0.5, 0.6) is 5.75 Å². The average Bonchev–Trinajstić information content (AvgIpc) is 3.21. The number of amides is 2. The second-order valence-electron chi connectivity index (χ2n) is 7.09. The minimum absolute atomic E-state index is 0.123. The fourth-order valence-corrected chi connectivity index (χ4v) is 3.59. The summed E-state index contributed by atoms with van der Waals surface area (Å²) in [7, 11) is 0. The number of primary amides is 1. The van der Waals surface area contributed by atoms with Crippen LogP contribution in [0.4, 0.5) is 10.5 Å². The van der Waals surface area contributed by atoms with Crippen molar-refractivity contribution in [3.63, 3.8) is 0 Å². The normalized spacial score (nSPS) is 24.0. The van der Waals surface area contributed by atoms with Crippen molar-refractivity contribution in [2.24, 2.45) is 5.73 Å². The molecule has 3 heterocycles. The Morgan fingerprint density at radius 3 is 3.10 bits per heavy atom. The molecule has 2 aromatic heterocycles. The molecular formula is C19H20ClN5O4. The van der Waals surface area contributed by atoms with Crippen molar-refractivity contribution in [3.05, 3.63) is 48.0 Å². The maximum atomic E-state index is 11.0. The lowest BCUT2D eigenvalue weighted by Gasteiger charge is -2.23. The van der Waals surface area contributed by atoms with Crippen LogP contribution in [0.3, 0.4) is 0 Å². The summed E-state index contributed by atoms with van der Waals surface area (Å²) in [4.78, 5) is 19.2. The molecule has 3 atom stereocenters. The van der Waals surface area contributed by atoms with Crippen molar-refractivity contribution >= 4 is 34.4 Å². The van der Waals surface area contributed by atoms with Gasteiger partial charge in [-0.1, -0.05) is 17.7 Å². The molecule has 29 heavy (non-hydrogen) atoms. The zero-order valence-corrected chi connectivity index (χ0v) is 16.3. The zero-order valence-electron chi connectivity index (χ0n) is 15.6. The van der Waals surface area contributed by atoms with E-state index < -0.39 is 24.0 Å². The van der Waals surface area contributed by atoms with Gasteiger partial charge >= 0.3 is 6.03 Å². The van der Waals surface area contributed by atoms with Gasteiger partial charge < -0.3 is 30.2 Å². The molecule has 10 heteroatoms. The van der Waals surface area contributed by atoms with Gasteiger partial charge in [0.05, 0.1) is 11.0 Å². The molecule has 0 bridgehead atoms. The summed E-state index contributed by atoms with van der Waals surface area (Å²) in [5.41, 5.74) is 5.17. The molecule has 1 aliphatic rings. The van der Waals surface area contributed by atoms with Crippen molar-refractivity contribution in [2.45, 2.75) is 31.3 Å². The lowest BCUT2D eigenvalue weighted by atomic mass is 9.98. The topological polar surface area (TPSA) is 125 Å². The second-order valence-corrected chi connectivity index (χ2v) is 7.45. The summed E-state index contributed by atoms with van der Waals surface area (Å²) in [6.45, 7) is 1.83. The summed E-state index contributed by atoms with van der Waals surface area (Å²) in [5.74, 6) is 0.519. The van der Waals surface area contributed by atoms with E-state index in [-0.39, 0.29) is 6.61 Å². The van der Waals surface area contributed by atoms with Crippen molar-refractivity contribution in [1.29, 1.82) is 0 Å². The number of benzene rings is 1. The Morgan fingerprint density at radius 1 is 1.48 bits per heavy atom. The largest absolute Gasteiger partial charge is 0.491 e. The summed E-state index contributed by atoms with van der Waals surface area (Å²) in [5, 5.41) is 14.4. The molecule has 1 saturated heterocycles. The Kier molecular flexibility index (Phi) is 5.03. The monoisotopic (exact) mass is 417 g/mol. The first-order valence-corrected chi connectivity index (χ1v) is 9.35. The molecule has 0 spiro atoms. The number of fused-ring (bicyclic) bond motifs is 1. The van der Waals surface area contributed by atoms with Gasteiger partial charge in [-0.3, -0.25) is 0 Å². The number of hydrogen-bond donors (Lipinski definition) is 3. The number of urea groups is 1. The molecule has 0 saturated carbocycles. The summed E-state index contributed by atoms with van der Waals surface area (Å²) in [6.07, 6.45) is 2.56. The molecule has 9 nitrogen and oxygen atoms in total. The van der Waals surface area contributed by atoms with Gasteiger partial charge in [0.1, 0.15) is 41.8 Å². The number of nitrogens with zero attached hydrogens (tertiary/aromatic N) is 3. The Bertz CT molecular complexity index is 1050. The minimum atomic E-state index is -1.11. The van der Waals surface area contributed by atoms with Crippen LogP contribution in [0, 0.1) is 0 Å². The highest BCUT2D eigenvalue weighted by Gasteiger charge is 2.45. The van der Waals surface area contributed by atoms with Crippen LogP contribution in [0.1, 0.15) is 19.6 Å². The molecular weight excluding hydrogens is 398 g/mol. The Labute approximate surface area is 171 Å². The Balaban J connectivity index is 1.48. The molecule has 1 aromatic carbocycles. The van der Waals surface area contributed by atoms with E-state index in [1.54, 1.807) is 31.2 Å². The van der Waals surface area contributed by atoms with E-state index in [4.69, 9.17) is 26.8 Å². The van der Waals surface area contributed by atoms with Crippen LogP contribution in [0.15, 0.2) is 42.9 Å². The van der Waals surface area contributed by atoms with E-state index in [0.29, 0.717) is 28.7 Å². The quantitative estimate of drug-likeness (QED) is 0.548. The molecule has 3 aromatic rings. The number of aromatic nitrogens is 3. The molecule has 4 N–H and O–H groups in total. The predicted octanol–water partition coefficient (Wildman–Crippen LogP) is 2.69. The number of hydrogen-bond acceptors (Lipinski definition) is 6. The van der Waals surface area contributed by atoms with E-state index in [0.717, 1.165) is 5.39 Å². The smallest absolute Gasteiger partial charge is 0.316 e. The fourth-order valence-electron chi connectivity index (χ4n) is 3.40. The van der Waals surface area contributed by atoms with Crippen LogP contribution >= 0.6 is 11.6 Å². The van der Waals surface area contributed by atoms with E-state index in [9.17, 15) is 9.90 Å². The standard InChI is InChI=1S/C19H20ClN5O4/c1-19(27)8-15(25-6-5-13-16(20)22-10-23-17(13)25)29-14(19)9-28-12-4-2-3-11(7-12)24-18(21)26/h2-7,10,14-15,27H,8-9H2,1H3,(H3,21,24,26)/t14-,15-,19+/m1/s1. The lowest BCUT2D eigenvalue weighted by molar-refractivity contribution is -0.0690. The first kappa shape index (κ1) is 19.4. The maximum Gasteiger partial charge on any atom is 0.316 e. The molecule has 0 radical (unpaired) electrons. The third kappa shape index (κ3) is 3.98. The van der Waals surface area contributed by atoms with Gasteiger partial charge in [0.15, 0.2) is 0 Å². The maximum absolute atomic E-state index is 11.0. The van der Waals surface area contributed by atoms with Gasteiger partial charge in [-0.05, 0) is 25.1 Å². The zero-order chi connectivity index (χ0) is 20.6. The van der Waals surface area contributed by atoms with Crippen molar-refractivity contribution in [2.75, 3.05) is 11.9 Å². The van der Waals surface area contributed by atoms with Gasteiger partial charge in [0.2, 0.25) is 0 Å². The first-order chi connectivity index (χ1) is 13.8. The number of carbonyl (C=O) groups is 1. The van der Waals surface area contributed by atoms with Crippen LogP contribution in [-0.2, 0) is 4.74 Å². The number of anilines is 1. The van der Waals surface area contributed by atoms with Gasteiger partial charge in [0, 0.05) is 24.4 Å². The highest BCUT2D eigenvalue weighted by Crippen LogP contribution is 2.38. The number of ether oxygens (including phenoxy) is 2. The molecule has 2 amide bonds. The van der Waals surface area contributed by atoms with Gasteiger partial charge in [-0.2, -0.15) is 0 Å². The lowest BCUT2D eigenvalue weighted by Crippen LogP contribution is -2.38. The SMILES string of the molecule is C[C@]1(O)C[C@H](n2ccc3c(Cl)ncnc32)O[C@@H]1COc1cccc(NC(N)=O)c1. The third-order valence-corrected chi connectivity index (χ3v) is 5.18. The number of nitrogens with one attached hydrogen (secondary N) is 1. The number of halogens is 1. The van der Waals surface area contributed by atoms with Gasteiger partial charge in [-0.15, -0.1) is 0 Å². The van der Waals surface area contributed by atoms with E-state index >= 15 is 0 Å². The second kappa shape index (κ2) is 7.51. The summed E-state index contributed by atoms with van der Waals surface area (Å²) < 4.78 is 13.7. The van der Waals surface area contributed by atoms with Crippen molar-refractivity contribution < 1.29 is 19.4 Å². The van der Waals surface area contributed by atoms with Crippen molar-refractivity contribution in [3.8, 4) is 5.75 Å². The van der Waals surface area contributed by atoms with Gasteiger partial charge in [0.25, 0.3) is 0 Å². The Morgan fingerprint density at radius 2 is 2.31 bits per heavy atom. The average molecular weight is 418 g/mol. The molecule has 152 valence electrons. The van der Waals surface area contributed by atoms with Crippen LogP contribution in [0.25, 0.3) is 11.0 Å². The molecule has 4 rings (SSSR count). The predicted molar refractivity (Wildman–Crippen MR) is 107 cm³/mol. The summed E-state index contributed by atoms with van der Waals surface area (Å²) in [6, 6.07) is 7.97. The van der Waals surface area contributed by atoms with Crippen LogP contribution in [0.2, 0.25) is 5.15 Å². The Hall–Kier alpha value is -2.88. The molecule has 1 aliphatic heterocycles. The third-order valence-electron chi connectivity index (χ3n) is 4.88.